The number of carbonyl (C=O) groups is 1. The number of Topliss-reactive ketones (excluding diaryl/α,β-unsaturated/α-hetero) is 1. The number of aromatic nitrogens is 1. The summed E-state index contributed by atoms with van der Waals surface area (Å²) in [4.78, 5) is 27.4. The molecular formula is C26H28N2O3. The Morgan fingerprint density at radius 2 is 1.65 bits per heavy atom. The number of fused-ring (bicyclic) bond motifs is 7. The van der Waals surface area contributed by atoms with E-state index >= 15 is 0 Å². The molecule has 0 bridgehead atoms. The minimum atomic E-state index is -0.0373. The molecule has 0 saturated heterocycles. The Kier molecular flexibility index (Phi) is 5.14. The zero-order valence-corrected chi connectivity index (χ0v) is 18.2. The lowest BCUT2D eigenvalue weighted by atomic mass is 10.0. The normalized spacial score (nSPS) is 13.8. The summed E-state index contributed by atoms with van der Waals surface area (Å²) in [7, 11) is 0. The van der Waals surface area contributed by atoms with Gasteiger partial charge < -0.3 is 13.9 Å². The second kappa shape index (κ2) is 7.97. The number of nitrogens with zero attached hydrogens (tertiary/aromatic N) is 2. The average Bonchev–Trinajstić information content (AvgIpc) is 3.30. The summed E-state index contributed by atoms with van der Waals surface area (Å²) < 4.78 is 8.25. The standard InChI is InChI=1S/C26H28N2O3/c1-3-12-27(13-4-2)14-15-28-20-8-5-17-18(7-10-22(17)29)24(20)25-21(28)9-6-19-23(30)11-16-31-26(19)25/h5-6,8-9,11,16H,3-4,7,10,12-15H2,1-2H3. The molecule has 0 spiro atoms. The molecule has 0 N–H and O–H groups in total. The van der Waals surface area contributed by atoms with Crippen molar-refractivity contribution in [2.45, 2.75) is 46.1 Å². The van der Waals surface area contributed by atoms with E-state index in [1.165, 1.54) is 12.3 Å². The predicted molar refractivity (Wildman–Crippen MR) is 125 cm³/mol. The van der Waals surface area contributed by atoms with Gasteiger partial charge in [-0.3, -0.25) is 9.59 Å². The van der Waals surface area contributed by atoms with Crippen LogP contribution in [0, 0.1) is 0 Å². The van der Waals surface area contributed by atoms with E-state index in [0.717, 1.165) is 78.4 Å². The lowest BCUT2D eigenvalue weighted by molar-refractivity contribution is 0.0994. The summed E-state index contributed by atoms with van der Waals surface area (Å²) in [5.41, 5.74) is 4.70. The van der Waals surface area contributed by atoms with Crippen LogP contribution in [0.4, 0.5) is 0 Å². The Hall–Kier alpha value is -2.92. The van der Waals surface area contributed by atoms with Crippen molar-refractivity contribution in [3.63, 3.8) is 0 Å². The summed E-state index contributed by atoms with van der Waals surface area (Å²) in [6, 6.07) is 9.45. The van der Waals surface area contributed by atoms with Gasteiger partial charge in [0, 0.05) is 42.0 Å². The molecule has 0 amide bonds. The van der Waals surface area contributed by atoms with Gasteiger partial charge in [0.15, 0.2) is 11.2 Å². The van der Waals surface area contributed by atoms with E-state index in [2.05, 4.69) is 29.4 Å². The van der Waals surface area contributed by atoms with Crippen molar-refractivity contribution < 1.29 is 9.21 Å². The molecule has 0 aliphatic heterocycles. The zero-order chi connectivity index (χ0) is 21.5. The summed E-state index contributed by atoms with van der Waals surface area (Å²) in [6.07, 6.45) is 5.05. The van der Waals surface area contributed by atoms with Crippen LogP contribution >= 0.6 is 0 Å². The quantitative estimate of drug-likeness (QED) is 0.418. The predicted octanol–water partition coefficient (Wildman–Crippen LogP) is 5.15. The number of carbonyl (C=O) groups excluding carboxylic acids is 1. The third kappa shape index (κ3) is 3.19. The summed E-state index contributed by atoms with van der Waals surface area (Å²) in [5, 5.41) is 2.64. The van der Waals surface area contributed by atoms with Crippen LogP contribution in [0.5, 0.6) is 0 Å². The first-order valence-corrected chi connectivity index (χ1v) is 11.4. The molecule has 0 saturated carbocycles. The van der Waals surface area contributed by atoms with Crippen molar-refractivity contribution in [2.75, 3.05) is 19.6 Å². The highest BCUT2D eigenvalue weighted by Gasteiger charge is 2.26. The Morgan fingerprint density at radius 3 is 2.42 bits per heavy atom. The Morgan fingerprint density at radius 1 is 0.903 bits per heavy atom. The lowest BCUT2D eigenvalue weighted by Crippen LogP contribution is -2.29. The zero-order valence-electron chi connectivity index (χ0n) is 18.2. The van der Waals surface area contributed by atoms with E-state index in [-0.39, 0.29) is 11.2 Å². The number of hydrogen-bond donors (Lipinski definition) is 0. The SMILES string of the molecule is CCCN(CCC)CCn1c2ccc3c(c2c2c4occc(=O)c4ccc21)CCC3=O. The second-order valence-electron chi connectivity index (χ2n) is 8.52. The van der Waals surface area contributed by atoms with Crippen molar-refractivity contribution in [1.29, 1.82) is 0 Å². The average molecular weight is 417 g/mol. The van der Waals surface area contributed by atoms with Crippen molar-refractivity contribution in [2.24, 2.45) is 0 Å². The molecule has 160 valence electrons. The molecule has 2 aromatic carbocycles. The van der Waals surface area contributed by atoms with Gasteiger partial charge >= 0.3 is 0 Å². The smallest absolute Gasteiger partial charge is 0.192 e. The highest BCUT2D eigenvalue weighted by atomic mass is 16.3. The van der Waals surface area contributed by atoms with Gasteiger partial charge in [0.25, 0.3) is 0 Å². The molecular weight excluding hydrogens is 388 g/mol. The maximum absolute atomic E-state index is 12.5. The maximum atomic E-state index is 12.5. The van der Waals surface area contributed by atoms with Gasteiger partial charge in [0.05, 0.1) is 22.6 Å². The number of rotatable bonds is 7. The number of aryl methyl sites for hydroxylation is 1. The summed E-state index contributed by atoms with van der Waals surface area (Å²) in [5.74, 6) is 0.205. The fourth-order valence-electron chi connectivity index (χ4n) is 5.22. The monoisotopic (exact) mass is 416 g/mol. The van der Waals surface area contributed by atoms with Gasteiger partial charge in [-0.15, -0.1) is 0 Å². The molecule has 5 rings (SSSR count). The minimum absolute atomic E-state index is 0.0373. The van der Waals surface area contributed by atoms with Gasteiger partial charge in [-0.25, -0.2) is 0 Å². The van der Waals surface area contributed by atoms with Gasteiger partial charge in [0.2, 0.25) is 0 Å². The molecule has 0 fully saturated rings. The van der Waals surface area contributed by atoms with Crippen molar-refractivity contribution in [3.8, 4) is 0 Å². The molecule has 2 heterocycles. The van der Waals surface area contributed by atoms with Crippen LogP contribution in [0.1, 0.15) is 49.0 Å². The molecule has 0 atom stereocenters. The van der Waals surface area contributed by atoms with Gasteiger partial charge in [-0.1, -0.05) is 13.8 Å². The minimum Gasteiger partial charge on any atom is -0.463 e. The first kappa shape index (κ1) is 20.0. The highest BCUT2D eigenvalue weighted by molar-refractivity contribution is 6.22. The largest absolute Gasteiger partial charge is 0.463 e. The van der Waals surface area contributed by atoms with Crippen molar-refractivity contribution >= 4 is 38.6 Å². The first-order chi connectivity index (χ1) is 15.1. The van der Waals surface area contributed by atoms with E-state index in [1.807, 2.05) is 18.2 Å². The van der Waals surface area contributed by atoms with Gasteiger partial charge in [0.1, 0.15) is 5.58 Å². The second-order valence-corrected chi connectivity index (χ2v) is 8.52. The van der Waals surface area contributed by atoms with Crippen LogP contribution in [-0.4, -0.2) is 34.9 Å². The van der Waals surface area contributed by atoms with Crippen LogP contribution in [0.2, 0.25) is 0 Å². The lowest BCUT2D eigenvalue weighted by Gasteiger charge is -2.21. The third-order valence-electron chi connectivity index (χ3n) is 6.55. The fraction of sp³-hybridized carbons (Fsp3) is 0.385. The molecule has 5 heteroatoms. The maximum Gasteiger partial charge on any atom is 0.192 e. The summed E-state index contributed by atoms with van der Waals surface area (Å²) in [6.45, 7) is 8.44. The highest BCUT2D eigenvalue weighted by Crippen LogP contribution is 2.39. The Labute approximate surface area is 181 Å². The van der Waals surface area contributed by atoms with E-state index < -0.39 is 0 Å². The molecule has 31 heavy (non-hydrogen) atoms. The van der Waals surface area contributed by atoms with Gasteiger partial charge in [-0.05, 0) is 62.2 Å². The topological polar surface area (TPSA) is 55.5 Å². The van der Waals surface area contributed by atoms with E-state index in [0.29, 0.717) is 17.4 Å². The fourth-order valence-corrected chi connectivity index (χ4v) is 5.22. The Bertz CT molecular complexity index is 1360. The van der Waals surface area contributed by atoms with Crippen LogP contribution < -0.4 is 5.43 Å². The molecule has 1 aliphatic rings. The number of ketones is 1. The molecule has 4 aromatic rings. The molecule has 1 aliphatic carbocycles. The van der Waals surface area contributed by atoms with Crippen LogP contribution in [0.3, 0.4) is 0 Å². The van der Waals surface area contributed by atoms with Crippen LogP contribution in [0.25, 0.3) is 32.8 Å². The summed E-state index contributed by atoms with van der Waals surface area (Å²) >= 11 is 0. The molecule has 0 unspecified atom stereocenters. The van der Waals surface area contributed by atoms with E-state index in [9.17, 15) is 9.59 Å². The molecule has 0 radical (unpaired) electrons. The number of benzene rings is 2. The van der Waals surface area contributed by atoms with Crippen LogP contribution in [-0.2, 0) is 13.0 Å². The van der Waals surface area contributed by atoms with Crippen LogP contribution in [0.15, 0.2) is 45.8 Å². The van der Waals surface area contributed by atoms with E-state index in [4.69, 9.17) is 4.42 Å². The van der Waals surface area contributed by atoms with Gasteiger partial charge in [-0.2, -0.15) is 0 Å². The molecule has 2 aromatic heterocycles. The first-order valence-electron chi connectivity index (χ1n) is 11.4. The van der Waals surface area contributed by atoms with Crippen molar-refractivity contribution in [3.05, 3.63) is 57.9 Å². The van der Waals surface area contributed by atoms with E-state index in [1.54, 1.807) is 0 Å². The Balaban J connectivity index is 1.77. The number of hydrogen-bond acceptors (Lipinski definition) is 4. The molecule has 5 nitrogen and oxygen atoms in total. The third-order valence-corrected chi connectivity index (χ3v) is 6.55. The van der Waals surface area contributed by atoms with Crippen molar-refractivity contribution in [1.82, 2.24) is 9.47 Å².